The summed E-state index contributed by atoms with van der Waals surface area (Å²) in [5, 5.41) is 0. The van der Waals surface area contributed by atoms with Crippen LogP contribution in [0.1, 0.15) is 42.4 Å². The number of methoxy groups -OCH3 is 2. The molecule has 11 heteroatoms. The minimum Gasteiger partial charge on any atom is -0.497 e. The van der Waals surface area contributed by atoms with E-state index < -0.39 is 12.0 Å². The number of aryl methyl sites for hydroxylation is 1. The number of benzene rings is 2. The van der Waals surface area contributed by atoms with Crippen molar-refractivity contribution in [1.82, 2.24) is 9.13 Å². The van der Waals surface area contributed by atoms with Crippen LogP contribution in [0.4, 0.5) is 5.69 Å². The van der Waals surface area contributed by atoms with Crippen LogP contribution in [-0.2, 0) is 14.3 Å². The van der Waals surface area contributed by atoms with Crippen molar-refractivity contribution >= 4 is 29.1 Å². The third-order valence-corrected chi connectivity index (χ3v) is 9.48. The van der Waals surface area contributed by atoms with Crippen LogP contribution in [0.5, 0.6) is 11.5 Å². The van der Waals surface area contributed by atoms with Crippen LogP contribution >= 0.6 is 11.3 Å². The highest BCUT2D eigenvalue weighted by molar-refractivity contribution is 7.07. The number of fused-ring (bicyclic) bond motifs is 1. The molecule has 1 fully saturated rings. The van der Waals surface area contributed by atoms with Crippen molar-refractivity contribution in [2.24, 2.45) is 4.99 Å². The zero-order chi connectivity index (χ0) is 32.5. The summed E-state index contributed by atoms with van der Waals surface area (Å²) in [7, 11) is 3.12. The molecule has 10 nitrogen and oxygen atoms in total. The first kappa shape index (κ1) is 31.4. The molecule has 2 aromatic carbocycles. The second kappa shape index (κ2) is 13.0. The van der Waals surface area contributed by atoms with Crippen molar-refractivity contribution < 1.29 is 23.7 Å². The maximum atomic E-state index is 14.2. The summed E-state index contributed by atoms with van der Waals surface area (Å²) in [6, 6.07) is 15.2. The minimum atomic E-state index is -0.796. The molecule has 1 atom stereocenters. The Balaban J connectivity index is 1.44. The summed E-state index contributed by atoms with van der Waals surface area (Å²) in [4.78, 5) is 35.1. The highest BCUT2D eigenvalue weighted by atomic mass is 32.1. The number of esters is 1. The predicted molar refractivity (Wildman–Crippen MR) is 178 cm³/mol. The van der Waals surface area contributed by atoms with Gasteiger partial charge in [0.2, 0.25) is 0 Å². The van der Waals surface area contributed by atoms with Crippen molar-refractivity contribution in [1.29, 1.82) is 0 Å². The summed E-state index contributed by atoms with van der Waals surface area (Å²) in [5.41, 5.74) is 6.39. The molecule has 0 saturated carbocycles. The van der Waals surface area contributed by atoms with Crippen LogP contribution in [0.2, 0.25) is 0 Å². The molecule has 0 amide bonds. The fraction of sp³-hybridized carbons (Fsp3) is 0.343. The maximum Gasteiger partial charge on any atom is 0.338 e. The van der Waals surface area contributed by atoms with E-state index in [-0.39, 0.29) is 12.2 Å². The van der Waals surface area contributed by atoms with Gasteiger partial charge in [-0.25, -0.2) is 9.79 Å². The molecule has 0 radical (unpaired) electrons. The van der Waals surface area contributed by atoms with Gasteiger partial charge in [0.15, 0.2) is 4.80 Å². The number of rotatable bonds is 8. The lowest BCUT2D eigenvalue weighted by Crippen LogP contribution is -2.40. The van der Waals surface area contributed by atoms with Crippen LogP contribution in [-0.4, -0.2) is 62.2 Å². The number of carbonyl (C=O) groups excluding carboxylic acids is 1. The standard InChI is InChI=1S/C35H38N4O6S/c1-7-45-34(41)31-22(3)36-35-39(32(31)28-13-12-27(42-5)20-29(28)43-6)33(40)30(46-35)19-24-18-21(2)38(23(24)4)26-10-8-25(9-11-26)37-14-16-44-17-15-37/h8-13,18-20,32H,7,14-17H2,1-6H3/t32-/m1/s1. The van der Waals surface area contributed by atoms with E-state index in [4.69, 9.17) is 23.9 Å². The van der Waals surface area contributed by atoms with E-state index in [1.54, 1.807) is 44.8 Å². The number of aromatic nitrogens is 2. The van der Waals surface area contributed by atoms with E-state index in [0.29, 0.717) is 37.7 Å². The Morgan fingerprint density at radius 3 is 2.41 bits per heavy atom. The maximum absolute atomic E-state index is 14.2. The molecule has 2 aliphatic heterocycles. The van der Waals surface area contributed by atoms with E-state index in [1.165, 1.54) is 17.0 Å². The lowest BCUT2D eigenvalue weighted by atomic mass is 9.95. The molecule has 0 bridgehead atoms. The number of thiazole rings is 1. The summed E-state index contributed by atoms with van der Waals surface area (Å²) in [6.45, 7) is 11.1. The highest BCUT2D eigenvalue weighted by Crippen LogP contribution is 2.37. The average Bonchev–Trinajstić information content (AvgIpc) is 3.53. The van der Waals surface area contributed by atoms with Gasteiger partial charge in [-0.05, 0) is 81.8 Å². The number of anilines is 1. The molecular formula is C35H38N4O6S. The van der Waals surface area contributed by atoms with Gasteiger partial charge in [0, 0.05) is 47.5 Å². The predicted octanol–water partition coefficient (Wildman–Crippen LogP) is 4.06. The Hall–Kier alpha value is -4.61. The van der Waals surface area contributed by atoms with Gasteiger partial charge in [-0.15, -0.1) is 0 Å². The summed E-state index contributed by atoms with van der Waals surface area (Å²) in [5.74, 6) is 0.556. The Morgan fingerprint density at radius 2 is 1.74 bits per heavy atom. The fourth-order valence-corrected chi connectivity index (χ4v) is 7.27. The normalized spacial score (nSPS) is 16.7. The van der Waals surface area contributed by atoms with Crippen LogP contribution in [0, 0.1) is 13.8 Å². The van der Waals surface area contributed by atoms with Crippen molar-refractivity contribution in [3.8, 4) is 17.2 Å². The number of ether oxygens (including phenoxy) is 4. The first-order chi connectivity index (χ1) is 22.2. The molecule has 240 valence electrons. The third kappa shape index (κ3) is 5.65. The number of carbonyl (C=O) groups is 1. The third-order valence-electron chi connectivity index (χ3n) is 8.49. The van der Waals surface area contributed by atoms with E-state index in [9.17, 15) is 9.59 Å². The lowest BCUT2D eigenvalue weighted by molar-refractivity contribution is -0.139. The van der Waals surface area contributed by atoms with Crippen LogP contribution < -0.4 is 29.3 Å². The average molecular weight is 643 g/mol. The first-order valence-corrected chi connectivity index (χ1v) is 16.1. The van der Waals surface area contributed by atoms with Gasteiger partial charge in [0.05, 0.1) is 49.8 Å². The van der Waals surface area contributed by atoms with E-state index >= 15 is 0 Å². The zero-order valence-corrected chi connectivity index (χ0v) is 27.8. The van der Waals surface area contributed by atoms with Gasteiger partial charge in [-0.3, -0.25) is 9.36 Å². The number of nitrogens with zero attached hydrogens (tertiary/aromatic N) is 4. The number of hydrogen-bond acceptors (Lipinski definition) is 9. The quantitative estimate of drug-likeness (QED) is 0.268. The zero-order valence-electron chi connectivity index (χ0n) is 27.0. The molecule has 46 heavy (non-hydrogen) atoms. The molecule has 2 aromatic heterocycles. The Kier molecular flexibility index (Phi) is 8.88. The lowest BCUT2D eigenvalue weighted by Gasteiger charge is -2.29. The number of hydrogen-bond donors (Lipinski definition) is 0. The van der Waals surface area contributed by atoms with Crippen molar-refractivity contribution in [2.45, 2.75) is 33.7 Å². The first-order valence-electron chi connectivity index (χ1n) is 15.3. The fourth-order valence-electron chi connectivity index (χ4n) is 6.24. The summed E-state index contributed by atoms with van der Waals surface area (Å²) in [6.07, 6.45) is 1.91. The largest absolute Gasteiger partial charge is 0.497 e. The van der Waals surface area contributed by atoms with Gasteiger partial charge in [0.25, 0.3) is 5.56 Å². The number of morpholine rings is 1. The Labute approximate surface area is 271 Å². The SMILES string of the molecule is CCOC(=O)C1=C(C)N=c2sc(=Cc3cc(C)n(-c4ccc(N5CCOCC5)cc4)c3C)c(=O)n2[C@@H]1c1ccc(OC)cc1OC. The van der Waals surface area contributed by atoms with Gasteiger partial charge < -0.3 is 28.4 Å². The molecule has 6 rings (SSSR count). The van der Waals surface area contributed by atoms with E-state index in [2.05, 4.69) is 53.6 Å². The van der Waals surface area contributed by atoms with Gasteiger partial charge in [-0.1, -0.05) is 11.3 Å². The monoisotopic (exact) mass is 642 g/mol. The molecule has 0 unspecified atom stereocenters. The van der Waals surface area contributed by atoms with Crippen LogP contribution in [0.3, 0.4) is 0 Å². The van der Waals surface area contributed by atoms with Crippen molar-refractivity contribution in [3.05, 3.63) is 102 Å². The molecule has 1 saturated heterocycles. The smallest absolute Gasteiger partial charge is 0.338 e. The van der Waals surface area contributed by atoms with Gasteiger partial charge in [-0.2, -0.15) is 0 Å². The van der Waals surface area contributed by atoms with E-state index in [1.807, 2.05) is 12.1 Å². The topological polar surface area (TPSA) is 96.5 Å². The van der Waals surface area contributed by atoms with Crippen molar-refractivity contribution in [3.63, 3.8) is 0 Å². The highest BCUT2D eigenvalue weighted by Gasteiger charge is 2.35. The van der Waals surface area contributed by atoms with Crippen molar-refractivity contribution in [2.75, 3.05) is 52.0 Å². The molecular weight excluding hydrogens is 604 g/mol. The Bertz CT molecular complexity index is 2000. The molecule has 4 aromatic rings. The minimum absolute atomic E-state index is 0.193. The Morgan fingerprint density at radius 1 is 1.02 bits per heavy atom. The molecule has 0 aliphatic carbocycles. The molecule has 0 spiro atoms. The van der Waals surface area contributed by atoms with Crippen LogP contribution in [0.25, 0.3) is 11.8 Å². The number of allylic oxidation sites excluding steroid dienone is 1. The molecule has 4 heterocycles. The second-order valence-electron chi connectivity index (χ2n) is 11.2. The molecule has 0 N–H and O–H groups in total. The molecule has 2 aliphatic rings. The van der Waals surface area contributed by atoms with E-state index in [0.717, 1.165) is 48.9 Å². The summed E-state index contributed by atoms with van der Waals surface area (Å²) < 4.78 is 26.3. The summed E-state index contributed by atoms with van der Waals surface area (Å²) >= 11 is 1.30. The van der Waals surface area contributed by atoms with Gasteiger partial charge in [0.1, 0.15) is 17.5 Å². The van der Waals surface area contributed by atoms with Crippen LogP contribution in [0.15, 0.2) is 69.6 Å². The van der Waals surface area contributed by atoms with Gasteiger partial charge >= 0.3 is 5.97 Å². The second-order valence-corrected chi connectivity index (χ2v) is 12.2.